The predicted molar refractivity (Wildman–Crippen MR) is 130 cm³/mol. The van der Waals surface area contributed by atoms with Crippen molar-refractivity contribution in [3.05, 3.63) is 96.1 Å². The first-order valence-electron chi connectivity index (χ1n) is 9.92. The van der Waals surface area contributed by atoms with Crippen molar-refractivity contribution in [2.75, 3.05) is 17.3 Å². The normalized spacial score (nSPS) is 12.7. The first kappa shape index (κ1) is 19.7. The standard InChI is InChI=1S/C25H20N2O2S2/c1-27(23-15-14-22-24-20(23)8-5-9-21(24)25(30)26-22)16-17-10-12-19(13-11-17)31(28,29)18-6-3-2-4-7-18/h2-15H,16H2,1H3,(H,26,30). The molecule has 1 aliphatic heterocycles. The van der Waals surface area contributed by atoms with Crippen LogP contribution in [0.2, 0.25) is 0 Å². The molecular weight excluding hydrogens is 424 g/mol. The van der Waals surface area contributed by atoms with Gasteiger partial charge in [-0.2, -0.15) is 0 Å². The second-order valence-corrected chi connectivity index (χ2v) is 9.99. The van der Waals surface area contributed by atoms with E-state index in [1.54, 1.807) is 36.4 Å². The number of nitrogens with one attached hydrogen (secondary N) is 1. The number of sulfone groups is 1. The van der Waals surface area contributed by atoms with Gasteiger partial charge in [-0.1, -0.05) is 60.7 Å². The van der Waals surface area contributed by atoms with Gasteiger partial charge in [0.15, 0.2) is 0 Å². The lowest BCUT2D eigenvalue weighted by Crippen LogP contribution is -2.16. The molecule has 4 aromatic carbocycles. The molecule has 31 heavy (non-hydrogen) atoms. The van der Waals surface area contributed by atoms with E-state index in [1.165, 1.54) is 0 Å². The average molecular weight is 445 g/mol. The second kappa shape index (κ2) is 7.48. The molecule has 4 nitrogen and oxygen atoms in total. The maximum absolute atomic E-state index is 12.8. The van der Waals surface area contributed by atoms with Gasteiger partial charge in [-0.05, 0) is 42.0 Å². The van der Waals surface area contributed by atoms with Gasteiger partial charge in [-0.15, -0.1) is 0 Å². The topological polar surface area (TPSA) is 49.4 Å². The van der Waals surface area contributed by atoms with Crippen LogP contribution >= 0.6 is 12.2 Å². The molecule has 0 aliphatic carbocycles. The largest absolute Gasteiger partial charge is 0.370 e. The Hall–Kier alpha value is -3.22. The SMILES string of the molecule is CN(Cc1ccc(S(=O)(=O)c2ccccc2)cc1)c1ccc2c3c(cccc13)C(=S)N2. The molecular formula is C25H20N2O2S2. The molecule has 6 heteroatoms. The summed E-state index contributed by atoms with van der Waals surface area (Å²) in [5.41, 5.74) is 4.25. The fraction of sp³-hybridized carbons (Fsp3) is 0.0800. The summed E-state index contributed by atoms with van der Waals surface area (Å²) in [7, 11) is -1.46. The van der Waals surface area contributed by atoms with Crippen molar-refractivity contribution in [3.8, 4) is 0 Å². The van der Waals surface area contributed by atoms with Crippen LogP contribution in [0.3, 0.4) is 0 Å². The predicted octanol–water partition coefficient (Wildman–Crippen LogP) is 5.41. The van der Waals surface area contributed by atoms with Crippen molar-refractivity contribution in [3.63, 3.8) is 0 Å². The van der Waals surface area contributed by atoms with E-state index in [1.807, 2.05) is 37.4 Å². The highest BCUT2D eigenvalue weighted by molar-refractivity contribution is 7.91. The monoisotopic (exact) mass is 444 g/mol. The number of anilines is 2. The van der Waals surface area contributed by atoms with Crippen molar-refractivity contribution in [1.29, 1.82) is 0 Å². The molecule has 0 saturated carbocycles. The lowest BCUT2D eigenvalue weighted by molar-refractivity contribution is 0.596. The van der Waals surface area contributed by atoms with E-state index in [4.69, 9.17) is 12.2 Å². The highest BCUT2D eigenvalue weighted by atomic mass is 32.2. The maximum Gasteiger partial charge on any atom is 0.206 e. The Morgan fingerprint density at radius 3 is 2.29 bits per heavy atom. The minimum absolute atomic E-state index is 0.301. The molecule has 154 valence electrons. The summed E-state index contributed by atoms with van der Waals surface area (Å²) >= 11 is 5.45. The third-order valence-corrected chi connectivity index (χ3v) is 7.74. The molecule has 0 fully saturated rings. The van der Waals surface area contributed by atoms with Gasteiger partial charge in [0.1, 0.15) is 4.99 Å². The third-order valence-electron chi connectivity index (χ3n) is 5.63. The van der Waals surface area contributed by atoms with E-state index in [-0.39, 0.29) is 0 Å². The lowest BCUT2D eigenvalue weighted by atomic mass is 10.0. The van der Waals surface area contributed by atoms with Crippen molar-refractivity contribution in [2.45, 2.75) is 16.3 Å². The minimum Gasteiger partial charge on any atom is -0.370 e. The van der Waals surface area contributed by atoms with Gasteiger partial charge in [0, 0.05) is 41.3 Å². The van der Waals surface area contributed by atoms with Crippen molar-refractivity contribution in [2.24, 2.45) is 0 Å². The van der Waals surface area contributed by atoms with Gasteiger partial charge < -0.3 is 10.2 Å². The van der Waals surface area contributed by atoms with Gasteiger partial charge in [-0.3, -0.25) is 0 Å². The zero-order valence-electron chi connectivity index (χ0n) is 16.9. The molecule has 1 heterocycles. The highest BCUT2D eigenvalue weighted by Gasteiger charge is 2.21. The van der Waals surface area contributed by atoms with E-state index in [0.717, 1.165) is 38.3 Å². The van der Waals surface area contributed by atoms with E-state index in [9.17, 15) is 8.42 Å². The molecule has 0 amide bonds. The Morgan fingerprint density at radius 1 is 0.839 bits per heavy atom. The van der Waals surface area contributed by atoms with E-state index in [2.05, 4.69) is 28.4 Å². The number of hydrogen-bond donors (Lipinski definition) is 1. The fourth-order valence-electron chi connectivity index (χ4n) is 4.08. The summed E-state index contributed by atoms with van der Waals surface area (Å²) in [6.07, 6.45) is 0. The molecule has 4 aromatic rings. The van der Waals surface area contributed by atoms with E-state index >= 15 is 0 Å². The summed E-state index contributed by atoms with van der Waals surface area (Å²) in [4.78, 5) is 3.54. The zero-order valence-corrected chi connectivity index (χ0v) is 18.5. The van der Waals surface area contributed by atoms with Crippen molar-refractivity contribution in [1.82, 2.24) is 0 Å². The first-order chi connectivity index (χ1) is 14.9. The Morgan fingerprint density at radius 2 is 1.55 bits per heavy atom. The smallest absolute Gasteiger partial charge is 0.206 e. The molecule has 0 bridgehead atoms. The minimum atomic E-state index is -3.51. The summed E-state index contributed by atoms with van der Waals surface area (Å²) in [5, 5.41) is 5.58. The summed E-state index contributed by atoms with van der Waals surface area (Å²) < 4.78 is 25.6. The van der Waals surface area contributed by atoms with Gasteiger partial charge >= 0.3 is 0 Å². The van der Waals surface area contributed by atoms with Crippen LogP contribution in [0.25, 0.3) is 10.8 Å². The Kier molecular flexibility index (Phi) is 4.76. The molecule has 1 aliphatic rings. The third kappa shape index (κ3) is 3.38. The zero-order chi connectivity index (χ0) is 21.6. The summed E-state index contributed by atoms with van der Waals surface area (Å²) in [6.45, 7) is 0.655. The Bertz CT molecular complexity index is 1410. The quantitative estimate of drug-likeness (QED) is 0.417. The maximum atomic E-state index is 12.8. The molecule has 0 saturated heterocycles. The fourth-order valence-corrected chi connectivity index (χ4v) is 5.64. The number of thiocarbonyl (C=S) groups is 1. The number of rotatable bonds is 5. The van der Waals surface area contributed by atoms with Gasteiger partial charge in [0.05, 0.1) is 9.79 Å². The van der Waals surface area contributed by atoms with Crippen LogP contribution in [0.5, 0.6) is 0 Å². The van der Waals surface area contributed by atoms with Crippen LogP contribution in [0.15, 0.2) is 94.7 Å². The second-order valence-electron chi connectivity index (χ2n) is 7.63. The number of benzene rings is 4. The average Bonchev–Trinajstić information content (AvgIpc) is 3.12. The molecule has 5 rings (SSSR count). The van der Waals surface area contributed by atoms with Crippen LogP contribution in [0, 0.1) is 0 Å². The lowest BCUT2D eigenvalue weighted by Gasteiger charge is -2.22. The highest BCUT2D eigenvalue weighted by Crippen LogP contribution is 2.38. The van der Waals surface area contributed by atoms with Crippen LogP contribution < -0.4 is 10.2 Å². The van der Waals surface area contributed by atoms with Crippen molar-refractivity contribution >= 4 is 49.2 Å². The molecule has 0 radical (unpaired) electrons. The number of hydrogen-bond acceptors (Lipinski definition) is 4. The van der Waals surface area contributed by atoms with Crippen molar-refractivity contribution < 1.29 is 8.42 Å². The van der Waals surface area contributed by atoms with Crippen LogP contribution in [-0.2, 0) is 16.4 Å². The van der Waals surface area contributed by atoms with Crippen LogP contribution in [0.4, 0.5) is 11.4 Å². The van der Waals surface area contributed by atoms with Crippen LogP contribution in [-0.4, -0.2) is 20.5 Å². The van der Waals surface area contributed by atoms with Gasteiger partial charge in [-0.25, -0.2) is 8.42 Å². The molecule has 1 N–H and O–H groups in total. The molecule has 0 atom stereocenters. The molecule has 0 unspecified atom stereocenters. The first-order valence-corrected chi connectivity index (χ1v) is 11.8. The van der Waals surface area contributed by atoms with Gasteiger partial charge in [0.25, 0.3) is 0 Å². The van der Waals surface area contributed by atoms with Crippen LogP contribution in [0.1, 0.15) is 11.1 Å². The molecule has 0 aromatic heterocycles. The Labute approximate surface area is 187 Å². The van der Waals surface area contributed by atoms with Gasteiger partial charge in [0.2, 0.25) is 9.84 Å². The van der Waals surface area contributed by atoms with E-state index in [0.29, 0.717) is 16.3 Å². The molecule has 0 spiro atoms. The number of nitrogens with zero attached hydrogens (tertiary/aromatic N) is 1. The summed E-state index contributed by atoms with van der Waals surface area (Å²) in [6, 6.07) is 26.0. The Balaban J connectivity index is 1.43. The summed E-state index contributed by atoms with van der Waals surface area (Å²) in [5.74, 6) is 0. The van der Waals surface area contributed by atoms with E-state index < -0.39 is 9.84 Å².